The van der Waals surface area contributed by atoms with E-state index in [9.17, 15) is 9.59 Å². The lowest BCUT2D eigenvalue weighted by atomic mass is 10.1. The minimum Gasteiger partial charge on any atom is -0.451 e. The summed E-state index contributed by atoms with van der Waals surface area (Å²) in [6, 6.07) is 0. The molecule has 1 amide bonds. The average Bonchev–Trinajstić information content (AvgIpc) is 3.00. The predicted octanol–water partition coefficient (Wildman–Crippen LogP) is 1.91. The average molecular weight is 309 g/mol. The largest absolute Gasteiger partial charge is 0.451 e. The molecule has 0 radical (unpaired) electrons. The summed E-state index contributed by atoms with van der Waals surface area (Å²) in [5, 5.41) is 5.23. The predicted molar refractivity (Wildman–Crippen MR) is 81.5 cm³/mol. The molecule has 1 aliphatic heterocycles. The number of nitrogens with one attached hydrogen (secondary N) is 1. The smallest absolute Gasteiger partial charge is 0.358 e. The van der Waals surface area contributed by atoms with Crippen molar-refractivity contribution in [3.8, 4) is 0 Å². The number of esters is 1. The highest BCUT2D eigenvalue weighted by Gasteiger charge is 2.19. The molecule has 1 aromatic heterocycles. The molecule has 114 valence electrons. The first kappa shape index (κ1) is 15.5. The van der Waals surface area contributed by atoms with Gasteiger partial charge in [-0.25, -0.2) is 9.78 Å². The van der Waals surface area contributed by atoms with E-state index in [1.54, 1.807) is 16.4 Å². The monoisotopic (exact) mass is 309 g/mol. The van der Waals surface area contributed by atoms with Crippen LogP contribution in [0.25, 0.3) is 0 Å². The van der Waals surface area contributed by atoms with Gasteiger partial charge in [-0.05, 0) is 19.3 Å². The number of likely N-dealkylation sites (tertiary alicyclic amines) is 1. The van der Waals surface area contributed by atoms with Crippen LogP contribution in [0.4, 0.5) is 5.13 Å². The summed E-state index contributed by atoms with van der Waals surface area (Å²) in [7, 11) is 0. The van der Waals surface area contributed by atoms with Crippen molar-refractivity contribution in [2.45, 2.75) is 19.3 Å². The molecule has 0 spiro atoms. The molecule has 2 rings (SSSR count). The van der Waals surface area contributed by atoms with Crippen LogP contribution in [0.3, 0.4) is 0 Å². The number of thiazole rings is 1. The second-order valence-corrected chi connectivity index (χ2v) is 5.58. The molecule has 1 saturated heterocycles. The number of amides is 1. The van der Waals surface area contributed by atoms with Gasteiger partial charge in [0.05, 0.1) is 0 Å². The normalized spacial score (nSPS) is 14.6. The number of hydrogen-bond acceptors (Lipinski definition) is 6. The summed E-state index contributed by atoms with van der Waals surface area (Å²) in [5.41, 5.74) is 0.220. The van der Waals surface area contributed by atoms with Gasteiger partial charge in [0.1, 0.15) is 0 Å². The fraction of sp³-hybridized carbons (Fsp3) is 0.500. The fourth-order valence-corrected chi connectivity index (χ4v) is 2.73. The number of anilines is 1. The maximum atomic E-state index is 11.9. The van der Waals surface area contributed by atoms with E-state index in [2.05, 4.69) is 16.9 Å². The maximum absolute atomic E-state index is 11.9. The molecule has 21 heavy (non-hydrogen) atoms. The number of rotatable bonds is 6. The third kappa shape index (κ3) is 4.56. The van der Waals surface area contributed by atoms with Crippen LogP contribution in [0.15, 0.2) is 18.0 Å². The Hall–Kier alpha value is -1.89. The number of aromatic nitrogens is 1. The van der Waals surface area contributed by atoms with Crippen molar-refractivity contribution in [1.82, 2.24) is 9.88 Å². The molecule has 0 aliphatic carbocycles. The lowest BCUT2D eigenvalue weighted by molar-refractivity contribution is -0.135. The Balaban J connectivity index is 1.79. The summed E-state index contributed by atoms with van der Waals surface area (Å²) in [5.74, 6) is -0.702. The van der Waals surface area contributed by atoms with Gasteiger partial charge < -0.3 is 15.0 Å². The lowest BCUT2D eigenvalue weighted by Crippen LogP contribution is -2.38. The molecule has 0 saturated carbocycles. The molecule has 1 N–H and O–H groups in total. The van der Waals surface area contributed by atoms with Crippen LogP contribution in [-0.2, 0) is 9.53 Å². The first-order valence-corrected chi connectivity index (χ1v) is 7.84. The highest BCUT2D eigenvalue weighted by Crippen LogP contribution is 2.16. The van der Waals surface area contributed by atoms with Crippen LogP contribution in [0.2, 0.25) is 0 Å². The molecule has 0 aromatic carbocycles. The second kappa shape index (κ2) is 7.78. The molecule has 1 aromatic rings. The molecular formula is C14H19N3O3S. The van der Waals surface area contributed by atoms with Crippen molar-refractivity contribution in [1.29, 1.82) is 0 Å². The first-order chi connectivity index (χ1) is 10.2. The Kier molecular flexibility index (Phi) is 5.74. The van der Waals surface area contributed by atoms with Gasteiger partial charge in [-0.1, -0.05) is 6.08 Å². The van der Waals surface area contributed by atoms with Crippen LogP contribution in [0, 0.1) is 0 Å². The molecule has 0 bridgehead atoms. The Morgan fingerprint density at radius 1 is 1.43 bits per heavy atom. The molecule has 6 nitrogen and oxygen atoms in total. The number of piperidine rings is 1. The van der Waals surface area contributed by atoms with Gasteiger partial charge in [-0.2, -0.15) is 0 Å². The highest BCUT2D eigenvalue weighted by atomic mass is 32.1. The molecule has 7 heteroatoms. The number of carbonyl (C=O) groups is 2. The Morgan fingerprint density at radius 3 is 2.90 bits per heavy atom. The first-order valence-electron chi connectivity index (χ1n) is 6.96. The second-order valence-electron chi connectivity index (χ2n) is 4.73. The number of ether oxygens (including phenoxy) is 1. The van der Waals surface area contributed by atoms with E-state index in [0.717, 1.165) is 32.4 Å². The molecule has 1 aliphatic rings. The summed E-state index contributed by atoms with van der Waals surface area (Å²) in [4.78, 5) is 29.6. The van der Waals surface area contributed by atoms with Gasteiger partial charge >= 0.3 is 5.97 Å². The van der Waals surface area contributed by atoms with Gasteiger partial charge in [0.2, 0.25) is 0 Å². The molecular weight excluding hydrogens is 290 g/mol. The van der Waals surface area contributed by atoms with Gasteiger partial charge in [0, 0.05) is 25.0 Å². The quantitative estimate of drug-likeness (QED) is 0.642. The Bertz CT molecular complexity index is 509. The van der Waals surface area contributed by atoms with Crippen molar-refractivity contribution >= 4 is 28.3 Å². The third-order valence-electron chi connectivity index (χ3n) is 3.15. The molecule has 2 heterocycles. The Morgan fingerprint density at radius 2 is 2.19 bits per heavy atom. The topological polar surface area (TPSA) is 71.5 Å². The van der Waals surface area contributed by atoms with Crippen LogP contribution >= 0.6 is 11.3 Å². The zero-order valence-corrected chi connectivity index (χ0v) is 12.7. The van der Waals surface area contributed by atoms with E-state index in [-0.39, 0.29) is 18.2 Å². The van der Waals surface area contributed by atoms with E-state index in [0.29, 0.717) is 11.7 Å². The van der Waals surface area contributed by atoms with Crippen LogP contribution in [0.1, 0.15) is 29.8 Å². The fourth-order valence-electron chi connectivity index (χ4n) is 2.04. The van der Waals surface area contributed by atoms with Crippen molar-refractivity contribution in [2.75, 3.05) is 31.6 Å². The van der Waals surface area contributed by atoms with Crippen LogP contribution in [0.5, 0.6) is 0 Å². The van der Waals surface area contributed by atoms with E-state index < -0.39 is 5.97 Å². The van der Waals surface area contributed by atoms with E-state index in [4.69, 9.17) is 4.74 Å². The van der Waals surface area contributed by atoms with Crippen molar-refractivity contribution in [3.05, 3.63) is 23.7 Å². The van der Waals surface area contributed by atoms with E-state index in [1.165, 1.54) is 11.3 Å². The SMILES string of the molecule is C=CCNc1nc(C(=O)OCC(=O)N2CCCCC2)cs1. The summed E-state index contributed by atoms with van der Waals surface area (Å²) < 4.78 is 5.03. The summed E-state index contributed by atoms with van der Waals surface area (Å²) in [6.45, 7) is 5.46. The third-order valence-corrected chi connectivity index (χ3v) is 3.95. The van der Waals surface area contributed by atoms with E-state index in [1.807, 2.05) is 0 Å². The summed E-state index contributed by atoms with van der Waals surface area (Å²) in [6.07, 6.45) is 4.90. The molecule has 1 fully saturated rings. The maximum Gasteiger partial charge on any atom is 0.358 e. The van der Waals surface area contributed by atoms with Crippen molar-refractivity contribution in [2.24, 2.45) is 0 Å². The zero-order valence-electron chi connectivity index (χ0n) is 11.8. The van der Waals surface area contributed by atoms with Crippen LogP contribution < -0.4 is 5.32 Å². The number of hydrogen-bond donors (Lipinski definition) is 1. The zero-order chi connectivity index (χ0) is 15.1. The Labute approximate surface area is 127 Å². The summed E-state index contributed by atoms with van der Waals surface area (Å²) >= 11 is 1.31. The van der Waals surface area contributed by atoms with Crippen molar-refractivity contribution in [3.63, 3.8) is 0 Å². The highest BCUT2D eigenvalue weighted by molar-refractivity contribution is 7.13. The minimum atomic E-state index is -0.566. The number of carbonyl (C=O) groups excluding carboxylic acids is 2. The van der Waals surface area contributed by atoms with E-state index >= 15 is 0 Å². The van der Waals surface area contributed by atoms with Gasteiger partial charge in [-0.15, -0.1) is 17.9 Å². The van der Waals surface area contributed by atoms with Crippen molar-refractivity contribution < 1.29 is 14.3 Å². The van der Waals surface area contributed by atoms with Crippen LogP contribution in [-0.4, -0.2) is 48.0 Å². The minimum absolute atomic E-state index is 0.136. The lowest BCUT2D eigenvalue weighted by Gasteiger charge is -2.26. The molecule has 0 unspecified atom stereocenters. The van der Waals surface area contributed by atoms with Gasteiger partial charge in [0.25, 0.3) is 5.91 Å². The van der Waals surface area contributed by atoms with Gasteiger partial charge in [-0.3, -0.25) is 4.79 Å². The number of nitrogens with zero attached hydrogens (tertiary/aromatic N) is 2. The van der Waals surface area contributed by atoms with Gasteiger partial charge in [0.15, 0.2) is 17.4 Å². The standard InChI is InChI=1S/C14H19N3O3S/c1-2-6-15-14-16-11(10-21-14)13(19)20-9-12(18)17-7-4-3-5-8-17/h2,10H,1,3-9H2,(H,15,16). The molecule has 0 atom stereocenters.